The van der Waals surface area contributed by atoms with Crippen molar-refractivity contribution in [3.05, 3.63) is 69.6 Å². The summed E-state index contributed by atoms with van der Waals surface area (Å²) in [4.78, 5) is 35.1. The van der Waals surface area contributed by atoms with Crippen molar-refractivity contribution in [1.82, 2.24) is 5.32 Å². The number of halogens is 1. The van der Waals surface area contributed by atoms with Crippen LogP contribution in [0.15, 0.2) is 53.4 Å². The van der Waals surface area contributed by atoms with Crippen molar-refractivity contribution >= 4 is 46.6 Å². The van der Waals surface area contributed by atoms with E-state index in [0.29, 0.717) is 16.9 Å². The van der Waals surface area contributed by atoms with E-state index in [4.69, 9.17) is 16.3 Å². The van der Waals surface area contributed by atoms with E-state index in [2.05, 4.69) is 17.4 Å². The molecular formula is C21H18ClNO4S. The normalized spacial score (nSPS) is 15.0. The van der Waals surface area contributed by atoms with Gasteiger partial charge in [-0.15, -0.1) is 0 Å². The Morgan fingerprint density at radius 2 is 1.89 bits per heavy atom. The van der Waals surface area contributed by atoms with Crippen molar-refractivity contribution < 1.29 is 19.1 Å². The summed E-state index contributed by atoms with van der Waals surface area (Å²) >= 11 is 7.02. The monoisotopic (exact) mass is 415 g/mol. The number of hydrogen-bond acceptors (Lipinski definition) is 5. The Kier molecular flexibility index (Phi) is 6.90. The molecule has 1 N–H and O–H groups in total. The number of ether oxygens (including phenoxy) is 1. The lowest BCUT2D eigenvalue weighted by atomic mass is 10.1. The Labute approximate surface area is 172 Å². The number of unbranched alkanes of at least 4 members (excludes halogenated alkanes) is 1. The molecule has 7 heteroatoms. The summed E-state index contributed by atoms with van der Waals surface area (Å²) in [5.41, 5.74) is 1.89. The fourth-order valence-corrected chi connectivity index (χ4v) is 3.59. The fraction of sp³-hybridized carbons (Fsp3) is 0.190. The van der Waals surface area contributed by atoms with Gasteiger partial charge in [0.25, 0.3) is 11.1 Å². The molecule has 0 spiro atoms. The highest BCUT2D eigenvalue weighted by Gasteiger charge is 2.25. The van der Waals surface area contributed by atoms with Gasteiger partial charge in [0, 0.05) is 6.42 Å². The lowest BCUT2D eigenvalue weighted by Gasteiger charge is -2.07. The van der Waals surface area contributed by atoms with Gasteiger partial charge in [0.05, 0.1) is 9.93 Å². The van der Waals surface area contributed by atoms with Crippen LogP contribution in [-0.2, 0) is 16.0 Å². The summed E-state index contributed by atoms with van der Waals surface area (Å²) in [5.74, 6) is -0.494. The minimum absolute atomic E-state index is 0.265. The maximum Gasteiger partial charge on any atom is 0.311 e. The van der Waals surface area contributed by atoms with Crippen LogP contribution in [-0.4, -0.2) is 17.1 Å². The second-order valence-electron chi connectivity index (χ2n) is 6.21. The number of esters is 1. The molecule has 1 aliphatic rings. The summed E-state index contributed by atoms with van der Waals surface area (Å²) in [6.45, 7) is 0. The number of carbonyl (C=O) groups is 3. The molecule has 2 aromatic carbocycles. The minimum Gasteiger partial charge on any atom is -0.425 e. The average Bonchev–Trinajstić information content (AvgIpc) is 2.99. The Hall–Kier alpha value is -2.57. The second-order valence-corrected chi connectivity index (χ2v) is 7.63. The van der Waals surface area contributed by atoms with Crippen LogP contribution in [0.25, 0.3) is 6.08 Å². The summed E-state index contributed by atoms with van der Waals surface area (Å²) < 4.78 is 5.33. The molecule has 0 unspecified atom stereocenters. The van der Waals surface area contributed by atoms with Crippen molar-refractivity contribution in [3.63, 3.8) is 0 Å². The van der Waals surface area contributed by atoms with Gasteiger partial charge in [0.15, 0.2) is 0 Å². The van der Waals surface area contributed by atoms with Crippen LogP contribution in [0.1, 0.15) is 30.4 Å². The Balaban J connectivity index is 1.50. The molecule has 0 saturated carbocycles. The molecule has 144 valence electrons. The molecular weight excluding hydrogens is 398 g/mol. The number of rotatable bonds is 7. The molecule has 2 amide bonds. The van der Waals surface area contributed by atoms with E-state index < -0.39 is 11.1 Å². The maximum absolute atomic E-state index is 12.0. The maximum atomic E-state index is 12.0. The number of hydrogen-bond donors (Lipinski definition) is 1. The first-order valence-electron chi connectivity index (χ1n) is 8.80. The van der Waals surface area contributed by atoms with Gasteiger partial charge in [0.1, 0.15) is 5.75 Å². The summed E-state index contributed by atoms with van der Waals surface area (Å²) in [7, 11) is 0. The van der Waals surface area contributed by atoms with Crippen LogP contribution in [0.5, 0.6) is 5.75 Å². The lowest BCUT2D eigenvalue weighted by molar-refractivity contribution is -0.134. The molecule has 3 rings (SSSR count). The lowest BCUT2D eigenvalue weighted by Crippen LogP contribution is -2.17. The predicted molar refractivity (Wildman–Crippen MR) is 110 cm³/mol. The van der Waals surface area contributed by atoms with Gasteiger partial charge in [-0.3, -0.25) is 19.7 Å². The van der Waals surface area contributed by atoms with Crippen molar-refractivity contribution in [2.75, 3.05) is 0 Å². The summed E-state index contributed by atoms with van der Waals surface area (Å²) in [5, 5.41) is 2.05. The Morgan fingerprint density at radius 1 is 1.11 bits per heavy atom. The first-order valence-corrected chi connectivity index (χ1v) is 10.00. The third kappa shape index (κ3) is 5.71. The molecule has 5 nitrogen and oxygen atoms in total. The second kappa shape index (κ2) is 9.57. The molecule has 1 fully saturated rings. The third-order valence-electron chi connectivity index (χ3n) is 4.06. The molecule has 1 aliphatic heterocycles. The fourth-order valence-electron chi connectivity index (χ4n) is 2.68. The van der Waals surface area contributed by atoms with Crippen molar-refractivity contribution in [2.24, 2.45) is 0 Å². The molecule has 0 radical (unpaired) electrons. The van der Waals surface area contributed by atoms with Gasteiger partial charge >= 0.3 is 5.97 Å². The standard InChI is InChI=1S/C21H18ClNO4S/c22-16-12-15(13-18-20(25)23-21(26)28-18)10-11-17(16)27-19(24)9-5-4-8-14-6-2-1-3-7-14/h1-3,6-7,10-13H,4-5,8-9H2,(H,23,25,26). The van der Waals surface area contributed by atoms with Crippen LogP contribution >= 0.6 is 23.4 Å². The highest BCUT2D eigenvalue weighted by atomic mass is 35.5. The summed E-state index contributed by atoms with van der Waals surface area (Å²) in [6.07, 6.45) is 4.43. The van der Waals surface area contributed by atoms with Crippen LogP contribution in [0.2, 0.25) is 5.02 Å². The van der Waals surface area contributed by atoms with Crippen molar-refractivity contribution in [3.8, 4) is 5.75 Å². The quantitative estimate of drug-likeness (QED) is 0.299. The largest absolute Gasteiger partial charge is 0.425 e. The van der Waals surface area contributed by atoms with Gasteiger partial charge in [-0.05, 0) is 60.4 Å². The molecule has 1 heterocycles. The zero-order chi connectivity index (χ0) is 19.9. The highest BCUT2D eigenvalue weighted by molar-refractivity contribution is 8.18. The van der Waals surface area contributed by atoms with E-state index in [1.165, 1.54) is 5.56 Å². The van der Waals surface area contributed by atoms with E-state index in [0.717, 1.165) is 31.0 Å². The number of thioether (sulfide) groups is 1. The predicted octanol–water partition coefficient (Wildman–Crippen LogP) is 4.98. The minimum atomic E-state index is -0.433. The number of amides is 2. The molecule has 2 aromatic rings. The first-order chi connectivity index (χ1) is 13.5. The van der Waals surface area contributed by atoms with E-state index in [1.807, 2.05) is 18.2 Å². The van der Waals surface area contributed by atoms with E-state index in [9.17, 15) is 14.4 Å². The van der Waals surface area contributed by atoms with E-state index in [1.54, 1.807) is 24.3 Å². The van der Waals surface area contributed by atoms with Gasteiger partial charge in [-0.1, -0.05) is 48.0 Å². The number of aryl methyl sites for hydroxylation is 1. The average molecular weight is 416 g/mol. The topological polar surface area (TPSA) is 72.5 Å². The SMILES string of the molecule is O=C(CCCCc1ccccc1)Oc1ccc(C=C2SC(=O)NC2=O)cc1Cl. The number of benzene rings is 2. The summed E-state index contributed by atoms with van der Waals surface area (Å²) in [6, 6.07) is 15.0. The van der Waals surface area contributed by atoms with Crippen molar-refractivity contribution in [1.29, 1.82) is 0 Å². The Bertz CT molecular complexity index is 927. The van der Waals surface area contributed by atoms with Crippen LogP contribution in [0.3, 0.4) is 0 Å². The number of nitrogens with one attached hydrogen (secondary N) is 1. The van der Waals surface area contributed by atoms with E-state index in [-0.39, 0.29) is 16.7 Å². The van der Waals surface area contributed by atoms with Gasteiger partial charge < -0.3 is 4.74 Å². The zero-order valence-electron chi connectivity index (χ0n) is 14.9. The van der Waals surface area contributed by atoms with Gasteiger partial charge in [-0.25, -0.2) is 0 Å². The zero-order valence-corrected chi connectivity index (χ0v) is 16.5. The third-order valence-corrected chi connectivity index (χ3v) is 5.16. The van der Waals surface area contributed by atoms with Crippen LogP contribution in [0.4, 0.5) is 4.79 Å². The molecule has 0 bridgehead atoms. The van der Waals surface area contributed by atoms with Crippen LogP contribution < -0.4 is 10.1 Å². The van der Waals surface area contributed by atoms with Gasteiger partial charge in [0.2, 0.25) is 0 Å². The molecule has 0 aromatic heterocycles. The van der Waals surface area contributed by atoms with Gasteiger partial charge in [-0.2, -0.15) is 0 Å². The van der Waals surface area contributed by atoms with Crippen molar-refractivity contribution in [2.45, 2.75) is 25.7 Å². The number of carbonyl (C=O) groups excluding carboxylic acids is 3. The molecule has 1 saturated heterocycles. The Morgan fingerprint density at radius 3 is 2.57 bits per heavy atom. The molecule has 0 aliphatic carbocycles. The first kappa shape index (κ1) is 20.2. The number of imide groups is 1. The highest BCUT2D eigenvalue weighted by Crippen LogP contribution is 2.30. The molecule has 28 heavy (non-hydrogen) atoms. The molecule has 0 atom stereocenters. The van der Waals surface area contributed by atoms with E-state index >= 15 is 0 Å². The van der Waals surface area contributed by atoms with Crippen LogP contribution in [0, 0.1) is 0 Å². The smallest absolute Gasteiger partial charge is 0.311 e.